The van der Waals surface area contributed by atoms with Gasteiger partial charge in [-0.15, -0.1) is 0 Å². The van der Waals surface area contributed by atoms with Crippen LogP contribution in [0.15, 0.2) is 24.3 Å². The first-order valence-corrected chi connectivity index (χ1v) is 5.69. The average Bonchev–Trinajstić information content (AvgIpc) is 2.28. The van der Waals surface area contributed by atoms with E-state index in [9.17, 15) is 9.59 Å². The van der Waals surface area contributed by atoms with Crippen LogP contribution in [-0.4, -0.2) is 27.7 Å². The zero-order valence-corrected chi connectivity index (χ0v) is 10.3. The van der Waals surface area contributed by atoms with Crippen molar-refractivity contribution in [3.8, 4) is 0 Å². The quantitative estimate of drug-likeness (QED) is 0.632. The Kier molecular flexibility index (Phi) is 4.93. The topological polar surface area (TPSA) is 80.4 Å². The number of rotatable bonds is 5. The van der Waals surface area contributed by atoms with Crippen LogP contribution in [0.25, 0.3) is 0 Å². The summed E-state index contributed by atoms with van der Waals surface area (Å²) in [6.45, 7) is 0. The van der Waals surface area contributed by atoms with E-state index in [2.05, 4.69) is 0 Å². The summed E-state index contributed by atoms with van der Waals surface area (Å²) < 4.78 is 0. The maximum Gasteiger partial charge on any atom is 0.320 e. The van der Waals surface area contributed by atoms with E-state index < -0.39 is 16.8 Å². The standard InChI is InChI=1S/C11H11Cl2NO3/c12-10(13)9(15)7-3-1-6(2-4-7)5-8(14)11(16)17/h1-4,8,10H,5,14H2,(H,16,17). The fourth-order valence-corrected chi connectivity index (χ4v) is 1.52. The molecule has 0 aliphatic rings. The van der Waals surface area contributed by atoms with Gasteiger partial charge >= 0.3 is 5.97 Å². The van der Waals surface area contributed by atoms with Gasteiger partial charge in [-0.25, -0.2) is 0 Å². The molecule has 0 saturated heterocycles. The van der Waals surface area contributed by atoms with Gasteiger partial charge in [-0.3, -0.25) is 9.59 Å². The zero-order valence-electron chi connectivity index (χ0n) is 8.77. The molecule has 1 atom stereocenters. The lowest BCUT2D eigenvalue weighted by Gasteiger charge is -2.07. The van der Waals surface area contributed by atoms with Gasteiger partial charge in [0.25, 0.3) is 0 Å². The molecule has 0 saturated carbocycles. The van der Waals surface area contributed by atoms with Crippen molar-refractivity contribution in [2.75, 3.05) is 0 Å². The number of hydrogen-bond donors (Lipinski definition) is 2. The molecule has 0 bridgehead atoms. The van der Waals surface area contributed by atoms with Crippen molar-refractivity contribution in [3.63, 3.8) is 0 Å². The maximum absolute atomic E-state index is 11.4. The number of ketones is 1. The van der Waals surface area contributed by atoms with Crippen molar-refractivity contribution in [2.24, 2.45) is 5.73 Å². The fourth-order valence-electron chi connectivity index (χ4n) is 1.27. The van der Waals surface area contributed by atoms with E-state index in [-0.39, 0.29) is 12.2 Å². The SMILES string of the molecule is NC(Cc1ccc(C(=O)C(Cl)Cl)cc1)C(=O)O. The van der Waals surface area contributed by atoms with E-state index in [4.69, 9.17) is 34.0 Å². The number of nitrogens with two attached hydrogens (primary N) is 1. The van der Waals surface area contributed by atoms with Crippen molar-refractivity contribution in [2.45, 2.75) is 17.3 Å². The highest BCUT2D eigenvalue weighted by Crippen LogP contribution is 2.13. The largest absolute Gasteiger partial charge is 0.480 e. The number of carbonyl (C=O) groups excluding carboxylic acids is 1. The molecule has 6 heteroatoms. The van der Waals surface area contributed by atoms with Crippen molar-refractivity contribution in [1.82, 2.24) is 0 Å². The van der Waals surface area contributed by atoms with E-state index in [1.54, 1.807) is 24.3 Å². The minimum atomic E-state index is -1.10. The monoisotopic (exact) mass is 275 g/mol. The third kappa shape index (κ3) is 4.00. The molecule has 1 unspecified atom stereocenters. The van der Waals surface area contributed by atoms with Gasteiger partial charge in [0.15, 0.2) is 10.6 Å². The lowest BCUT2D eigenvalue weighted by atomic mass is 10.0. The first-order chi connectivity index (χ1) is 7.91. The Bertz CT molecular complexity index is 417. The lowest BCUT2D eigenvalue weighted by molar-refractivity contribution is -0.138. The van der Waals surface area contributed by atoms with Gasteiger partial charge in [-0.05, 0) is 12.0 Å². The summed E-state index contributed by atoms with van der Waals surface area (Å²) in [5.74, 6) is -1.45. The van der Waals surface area contributed by atoms with Crippen LogP contribution < -0.4 is 5.73 Å². The number of Topliss-reactive ketones (excluding diaryl/α,β-unsaturated/α-hetero) is 1. The predicted molar refractivity (Wildman–Crippen MR) is 65.6 cm³/mol. The zero-order chi connectivity index (χ0) is 13.0. The summed E-state index contributed by atoms with van der Waals surface area (Å²) in [6, 6.07) is 5.40. The Morgan fingerprint density at radius 3 is 2.18 bits per heavy atom. The summed E-state index contributed by atoms with van der Waals surface area (Å²) in [4.78, 5) is 20.9. The Morgan fingerprint density at radius 2 is 1.76 bits per heavy atom. The molecule has 1 aromatic carbocycles. The van der Waals surface area contributed by atoms with Gasteiger partial charge in [0.05, 0.1) is 0 Å². The van der Waals surface area contributed by atoms with Crippen molar-refractivity contribution in [3.05, 3.63) is 35.4 Å². The van der Waals surface area contributed by atoms with E-state index in [1.165, 1.54) is 0 Å². The minimum Gasteiger partial charge on any atom is -0.480 e. The first-order valence-electron chi connectivity index (χ1n) is 4.81. The number of alkyl halides is 2. The van der Waals surface area contributed by atoms with Gasteiger partial charge in [-0.2, -0.15) is 0 Å². The number of hydrogen-bond acceptors (Lipinski definition) is 3. The second-order valence-electron chi connectivity index (χ2n) is 3.51. The van der Waals surface area contributed by atoms with Crippen LogP contribution in [-0.2, 0) is 11.2 Å². The molecule has 0 fully saturated rings. The van der Waals surface area contributed by atoms with Gasteiger partial charge in [0.1, 0.15) is 6.04 Å². The van der Waals surface area contributed by atoms with Crippen LogP contribution in [0.1, 0.15) is 15.9 Å². The van der Waals surface area contributed by atoms with Crippen LogP contribution in [0.5, 0.6) is 0 Å². The molecule has 0 aliphatic heterocycles. The number of carboxylic acids is 1. The van der Waals surface area contributed by atoms with Gasteiger partial charge < -0.3 is 10.8 Å². The number of carbonyl (C=O) groups is 2. The number of aliphatic carboxylic acids is 1. The highest BCUT2D eigenvalue weighted by Gasteiger charge is 2.15. The number of halogens is 2. The molecule has 0 heterocycles. The maximum atomic E-state index is 11.4. The van der Waals surface area contributed by atoms with Crippen LogP contribution in [0.3, 0.4) is 0 Å². The molecule has 0 spiro atoms. The number of benzene rings is 1. The summed E-state index contributed by atoms with van der Waals surface area (Å²) >= 11 is 10.9. The van der Waals surface area contributed by atoms with Crippen molar-refractivity contribution >= 4 is 35.0 Å². The summed E-state index contributed by atoms with van der Waals surface area (Å²) in [5, 5.41) is 8.64. The summed E-state index contributed by atoms with van der Waals surface area (Å²) in [7, 11) is 0. The van der Waals surface area contributed by atoms with Gasteiger partial charge in [0.2, 0.25) is 0 Å². The van der Waals surface area contributed by atoms with Crippen LogP contribution in [0, 0.1) is 0 Å². The predicted octanol–water partition coefficient (Wildman–Crippen LogP) is 1.63. The summed E-state index contributed by atoms with van der Waals surface area (Å²) in [5.41, 5.74) is 6.50. The highest BCUT2D eigenvalue weighted by molar-refractivity contribution is 6.55. The number of carboxylic acid groups (broad SMARTS) is 1. The third-order valence-electron chi connectivity index (χ3n) is 2.21. The second-order valence-corrected chi connectivity index (χ2v) is 4.61. The summed E-state index contributed by atoms with van der Waals surface area (Å²) in [6.07, 6.45) is 0.203. The molecule has 0 aromatic heterocycles. The van der Waals surface area contributed by atoms with Gasteiger partial charge in [0, 0.05) is 5.56 Å². The Labute approximate surface area is 108 Å². The molecule has 0 amide bonds. The third-order valence-corrected chi connectivity index (χ3v) is 2.61. The Morgan fingerprint density at radius 1 is 1.24 bits per heavy atom. The van der Waals surface area contributed by atoms with E-state index in [0.717, 1.165) is 5.56 Å². The molecule has 3 N–H and O–H groups in total. The molecule has 92 valence electrons. The normalized spacial score (nSPS) is 12.5. The van der Waals surface area contributed by atoms with E-state index in [1.807, 2.05) is 0 Å². The smallest absolute Gasteiger partial charge is 0.320 e. The molecule has 0 aliphatic carbocycles. The van der Waals surface area contributed by atoms with Crippen LogP contribution >= 0.6 is 23.2 Å². The molecular formula is C11H11Cl2NO3. The van der Waals surface area contributed by atoms with Crippen LogP contribution in [0.4, 0.5) is 0 Å². The molecular weight excluding hydrogens is 265 g/mol. The molecule has 0 radical (unpaired) electrons. The average molecular weight is 276 g/mol. The van der Waals surface area contributed by atoms with E-state index in [0.29, 0.717) is 5.56 Å². The first kappa shape index (κ1) is 14.0. The highest BCUT2D eigenvalue weighted by atomic mass is 35.5. The van der Waals surface area contributed by atoms with Crippen molar-refractivity contribution in [1.29, 1.82) is 0 Å². The minimum absolute atomic E-state index is 0.203. The molecule has 17 heavy (non-hydrogen) atoms. The Balaban J connectivity index is 2.75. The molecule has 1 rings (SSSR count). The van der Waals surface area contributed by atoms with Crippen LogP contribution in [0.2, 0.25) is 0 Å². The van der Waals surface area contributed by atoms with Gasteiger partial charge in [-0.1, -0.05) is 47.5 Å². The van der Waals surface area contributed by atoms with E-state index >= 15 is 0 Å². The molecule has 1 aromatic rings. The fraction of sp³-hybridized carbons (Fsp3) is 0.273. The molecule has 4 nitrogen and oxygen atoms in total. The Hall–Kier alpha value is -1.10. The lowest BCUT2D eigenvalue weighted by Crippen LogP contribution is -2.32. The van der Waals surface area contributed by atoms with Crippen molar-refractivity contribution < 1.29 is 14.7 Å². The second kappa shape index (κ2) is 6.00.